The molecule has 33 heavy (non-hydrogen) atoms. The van der Waals surface area contributed by atoms with E-state index in [1.807, 2.05) is 57.6 Å². The molecule has 7 heteroatoms. The first kappa shape index (κ1) is 22.9. The second kappa shape index (κ2) is 9.67. The Hall–Kier alpha value is -3.32. The minimum absolute atomic E-state index is 0.0678. The monoisotopic (exact) mass is 447 g/mol. The van der Waals surface area contributed by atoms with Gasteiger partial charge in [0.1, 0.15) is 5.75 Å². The molecule has 0 bridgehead atoms. The van der Waals surface area contributed by atoms with Crippen LogP contribution in [0.25, 0.3) is 11.1 Å². The van der Waals surface area contributed by atoms with Gasteiger partial charge in [0, 0.05) is 56.2 Å². The minimum Gasteiger partial charge on any atom is -0.497 e. The van der Waals surface area contributed by atoms with E-state index >= 15 is 0 Å². The van der Waals surface area contributed by atoms with Crippen LogP contribution in [0.4, 0.5) is 5.69 Å². The number of nitrogens with zero attached hydrogens (tertiary/aromatic N) is 4. The van der Waals surface area contributed by atoms with Crippen LogP contribution in [0.1, 0.15) is 34.5 Å². The normalized spacial score (nSPS) is 15.4. The Labute approximate surface area is 196 Å². The molecule has 1 aromatic heterocycles. The average molecular weight is 448 g/mol. The molecule has 0 aliphatic carbocycles. The molecule has 0 unspecified atom stereocenters. The van der Waals surface area contributed by atoms with Crippen molar-refractivity contribution >= 4 is 11.6 Å². The molecule has 4 rings (SSSR count). The van der Waals surface area contributed by atoms with Gasteiger partial charge in [0.05, 0.1) is 19.3 Å². The maximum atomic E-state index is 13.3. The summed E-state index contributed by atoms with van der Waals surface area (Å²) in [6.45, 7) is 7.98. The van der Waals surface area contributed by atoms with Gasteiger partial charge in [-0.2, -0.15) is 5.10 Å². The topological polar surface area (TPSA) is 62.6 Å². The van der Waals surface area contributed by atoms with Crippen LogP contribution in [0.3, 0.4) is 0 Å². The maximum Gasteiger partial charge on any atom is 0.252 e. The summed E-state index contributed by atoms with van der Waals surface area (Å²) in [5, 5.41) is 7.45. The summed E-state index contributed by atoms with van der Waals surface area (Å²) in [6.07, 6.45) is 3.80. The fourth-order valence-electron chi connectivity index (χ4n) is 4.20. The van der Waals surface area contributed by atoms with Crippen molar-refractivity contribution < 1.29 is 9.53 Å². The molecule has 1 aliphatic rings. The molecule has 0 radical (unpaired) electrons. The van der Waals surface area contributed by atoms with Gasteiger partial charge < -0.3 is 19.9 Å². The van der Waals surface area contributed by atoms with Gasteiger partial charge in [-0.25, -0.2) is 0 Å². The number of nitrogens with one attached hydrogen (secondary N) is 1. The molecule has 1 N–H and O–H groups in total. The number of rotatable bonds is 6. The molecule has 1 amide bonds. The molecule has 1 saturated heterocycles. The molecule has 0 saturated carbocycles. The molecule has 1 aliphatic heterocycles. The van der Waals surface area contributed by atoms with Crippen molar-refractivity contribution in [3.05, 3.63) is 65.5 Å². The number of methoxy groups -OCH3 is 1. The number of ether oxygens (including phenoxy) is 1. The summed E-state index contributed by atoms with van der Waals surface area (Å²) in [5.41, 5.74) is 5.78. The number of piperazine rings is 1. The quantitative estimate of drug-likeness (QED) is 0.625. The summed E-state index contributed by atoms with van der Waals surface area (Å²) in [5.74, 6) is 0.683. The Balaban J connectivity index is 1.54. The zero-order valence-corrected chi connectivity index (χ0v) is 20.1. The number of carbonyl (C=O) groups is 1. The van der Waals surface area contributed by atoms with Crippen molar-refractivity contribution in [1.82, 2.24) is 20.0 Å². The summed E-state index contributed by atoms with van der Waals surface area (Å²) in [7, 11) is 5.69. The van der Waals surface area contributed by atoms with Gasteiger partial charge in [-0.1, -0.05) is 6.07 Å². The van der Waals surface area contributed by atoms with Gasteiger partial charge >= 0.3 is 0 Å². The minimum atomic E-state index is -0.185. The number of hydrogen-bond acceptors (Lipinski definition) is 5. The number of carbonyl (C=O) groups excluding carboxylic acids is 1. The summed E-state index contributed by atoms with van der Waals surface area (Å²) >= 11 is 0. The van der Waals surface area contributed by atoms with Gasteiger partial charge in [0.25, 0.3) is 5.91 Å². The van der Waals surface area contributed by atoms with E-state index in [4.69, 9.17) is 4.74 Å². The van der Waals surface area contributed by atoms with E-state index in [1.54, 1.807) is 11.8 Å². The van der Waals surface area contributed by atoms with Crippen LogP contribution in [-0.4, -0.2) is 60.9 Å². The summed E-state index contributed by atoms with van der Waals surface area (Å²) in [6, 6.07) is 12.0. The van der Waals surface area contributed by atoms with E-state index in [-0.39, 0.29) is 11.9 Å². The highest BCUT2D eigenvalue weighted by molar-refractivity contribution is 5.97. The van der Waals surface area contributed by atoms with Crippen molar-refractivity contribution in [3.8, 4) is 16.9 Å². The Kier molecular flexibility index (Phi) is 6.70. The van der Waals surface area contributed by atoms with E-state index in [0.717, 1.165) is 59.9 Å². The van der Waals surface area contributed by atoms with Crippen LogP contribution >= 0.6 is 0 Å². The van der Waals surface area contributed by atoms with Crippen LogP contribution in [0, 0.1) is 6.92 Å². The van der Waals surface area contributed by atoms with Crippen molar-refractivity contribution in [3.63, 3.8) is 0 Å². The molecular weight excluding hydrogens is 414 g/mol. The highest BCUT2D eigenvalue weighted by atomic mass is 16.5. The van der Waals surface area contributed by atoms with Gasteiger partial charge in [0.2, 0.25) is 0 Å². The number of aryl methyl sites for hydroxylation is 2. The molecule has 174 valence electrons. The smallest absolute Gasteiger partial charge is 0.252 e. The standard InChI is InChI=1S/C26H33N5O2/c1-18-6-7-23(31-10-8-29(3)9-11-31)15-25(18)26(32)28-19(2)20-12-21(14-24(13-20)33-5)22-16-27-30(4)17-22/h6-7,12-17,19H,8-11H2,1-5H3,(H,28,32)/t19-/m1/s1. The third kappa shape index (κ3) is 5.20. The van der Waals surface area contributed by atoms with Crippen LogP contribution in [0.5, 0.6) is 5.75 Å². The van der Waals surface area contributed by atoms with Crippen molar-refractivity contribution in [2.75, 3.05) is 45.2 Å². The number of aromatic nitrogens is 2. The van der Waals surface area contributed by atoms with Crippen LogP contribution in [0.15, 0.2) is 48.8 Å². The maximum absolute atomic E-state index is 13.3. The molecule has 1 fully saturated rings. The van der Waals surface area contributed by atoms with Gasteiger partial charge in [-0.05, 0) is 67.9 Å². The first-order valence-corrected chi connectivity index (χ1v) is 11.4. The van der Waals surface area contributed by atoms with Crippen molar-refractivity contribution in [2.24, 2.45) is 7.05 Å². The predicted molar refractivity (Wildman–Crippen MR) is 132 cm³/mol. The Bertz CT molecular complexity index is 1130. The fraction of sp³-hybridized carbons (Fsp3) is 0.385. The molecular formula is C26H33N5O2. The molecule has 1 atom stereocenters. The van der Waals surface area contributed by atoms with Crippen LogP contribution in [0.2, 0.25) is 0 Å². The predicted octanol–water partition coefficient (Wildman–Crippen LogP) is 3.65. The highest BCUT2D eigenvalue weighted by Crippen LogP contribution is 2.29. The number of amides is 1. The van der Waals surface area contributed by atoms with Crippen molar-refractivity contribution in [2.45, 2.75) is 19.9 Å². The average Bonchev–Trinajstić information content (AvgIpc) is 3.26. The lowest BCUT2D eigenvalue weighted by atomic mass is 10.0. The second-order valence-electron chi connectivity index (χ2n) is 8.88. The first-order chi connectivity index (χ1) is 15.8. The molecule has 2 aromatic carbocycles. The fourth-order valence-corrected chi connectivity index (χ4v) is 4.20. The number of benzene rings is 2. The zero-order valence-electron chi connectivity index (χ0n) is 20.1. The Morgan fingerprint density at radius 3 is 2.48 bits per heavy atom. The van der Waals surface area contributed by atoms with Crippen LogP contribution < -0.4 is 15.0 Å². The Morgan fingerprint density at radius 2 is 1.82 bits per heavy atom. The lowest BCUT2D eigenvalue weighted by Crippen LogP contribution is -2.44. The van der Waals surface area contributed by atoms with E-state index in [1.165, 1.54) is 0 Å². The van der Waals surface area contributed by atoms with Crippen LogP contribution in [-0.2, 0) is 7.05 Å². The number of likely N-dealkylation sites (N-methyl/N-ethyl adjacent to an activating group) is 1. The van der Waals surface area contributed by atoms with E-state index < -0.39 is 0 Å². The van der Waals surface area contributed by atoms with Gasteiger partial charge in [-0.3, -0.25) is 9.48 Å². The number of hydrogen-bond donors (Lipinski definition) is 1. The van der Waals surface area contributed by atoms with Gasteiger partial charge in [0.15, 0.2) is 0 Å². The molecule has 3 aromatic rings. The lowest BCUT2D eigenvalue weighted by Gasteiger charge is -2.34. The summed E-state index contributed by atoms with van der Waals surface area (Å²) in [4.78, 5) is 17.9. The second-order valence-corrected chi connectivity index (χ2v) is 8.88. The third-order valence-electron chi connectivity index (χ3n) is 6.38. The summed E-state index contributed by atoms with van der Waals surface area (Å²) < 4.78 is 7.30. The van der Waals surface area contributed by atoms with Crippen molar-refractivity contribution in [1.29, 1.82) is 0 Å². The number of anilines is 1. The lowest BCUT2D eigenvalue weighted by molar-refractivity contribution is 0.0939. The van der Waals surface area contributed by atoms with E-state index in [9.17, 15) is 4.79 Å². The zero-order chi connectivity index (χ0) is 23.5. The molecule has 0 spiro atoms. The third-order valence-corrected chi connectivity index (χ3v) is 6.38. The Morgan fingerprint density at radius 1 is 1.06 bits per heavy atom. The van der Waals surface area contributed by atoms with E-state index in [2.05, 4.69) is 39.4 Å². The van der Waals surface area contributed by atoms with Gasteiger partial charge in [-0.15, -0.1) is 0 Å². The molecule has 2 heterocycles. The largest absolute Gasteiger partial charge is 0.497 e. The molecule has 7 nitrogen and oxygen atoms in total. The van der Waals surface area contributed by atoms with E-state index in [0.29, 0.717) is 5.56 Å². The highest BCUT2D eigenvalue weighted by Gasteiger charge is 2.19. The first-order valence-electron chi connectivity index (χ1n) is 11.4. The SMILES string of the molecule is COc1cc(-c2cnn(C)c2)cc([C@@H](C)NC(=O)c2cc(N3CCN(C)CC3)ccc2C)c1.